The van der Waals surface area contributed by atoms with Gasteiger partial charge < -0.3 is 9.13 Å². The van der Waals surface area contributed by atoms with Gasteiger partial charge in [0.05, 0.1) is 18.0 Å². The lowest BCUT2D eigenvalue weighted by Crippen LogP contribution is -2.07. The van der Waals surface area contributed by atoms with Gasteiger partial charge in [0.15, 0.2) is 0 Å². The lowest BCUT2D eigenvalue weighted by molar-refractivity contribution is -0.384. The van der Waals surface area contributed by atoms with E-state index in [9.17, 15) is 19.2 Å². The first-order valence-corrected chi connectivity index (χ1v) is 10.1. The van der Waals surface area contributed by atoms with Crippen molar-refractivity contribution in [1.29, 1.82) is 0 Å². The Bertz CT molecular complexity index is 535. The van der Waals surface area contributed by atoms with Gasteiger partial charge in [0.1, 0.15) is 7.14 Å². The molecule has 0 heterocycles. The Morgan fingerprint density at radius 2 is 1.82 bits per heavy atom. The van der Waals surface area contributed by atoms with Crippen LogP contribution in [0.3, 0.4) is 0 Å². The van der Waals surface area contributed by atoms with Crippen molar-refractivity contribution in [1.82, 2.24) is 0 Å². The Morgan fingerprint density at radius 3 is 2.29 bits per heavy atom. The van der Waals surface area contributed by atoms with Crippen LogP contribution >= 0.6 is 14.3 Å². The van der Waals surface area contributed by atoms with Crippen LogP contribution in [0.4, 0.5) is 5.69 Å². The van der Waals surface area contributed by atoms with Crippen molar-refractivity contribution in [3.8, 4) is 0 Å². The summed E-state index contributed by atoms with van der Waals surface area (Å²) in [5.74, 6) is 0.0984. The molecule has 17 heavy (non-hydrogen) atoms. The second kappa shape index (κ2) is 4.75. The first-order chi connectivity index (χ1) is 7.62. The fourth-order valence-corrected chi connectivity index (χ4v) is 8.29. The number of benzene rings is 1. The van der Waals surface area contributed by atoms with Gasteiger partial charge in [-0.3, -0.25) is 10.1 Å². The molecule has 1 rings (SSSR count). The second-order valence-electron chi connectivity index (χ2n) is 4.59. The second-order valence-corrected chi connectivity index (χ2v) is 11.6. The van der Waals surface area contributed by atoms with Gasteiger partial charge >= 0.3 is 0 Å². The Morgan fingerprint density at radius 1 is 1.24 bits per heavy atom. The van der Waals surface area contributed by atoms with E-state index < -0.39 is 19.2 Å². The highest BCUT2D eigenvalue weighted by Gasteiger charge is 2.26. The molecule has 0 aliphatic heterocycles. The molecule has 0 saturated heterocycles. The van der Waals surface area contributed by atoms with E-state index in [0.29, 0.717) is 5.30 Å². The third kappa shape index (κ3) is 4.10. The zero-order valence-corrected chi connectivity index (χ0v) is 11.8. The summed E-state index contributed by atoms with van der Waals surface area (Å²) in [6, 6.07) is 5.74. The van der Waals surface area contributed by atoms with Crippen molar-refractivity contribution in [3.05, 3.63) is 34.4 Å². The van der Waals surface area contributed by atoms with E-state index in [1.54, 1.807) is 19.4 Å². The van der Waals surface area contributed by atoms with E-state index in [-0.39, 0.29) is 11.6 Å². The third-order valence-electron chi connectivity index (χ3n) is 2.20. The molecule has 94 valence electrons. The molecule has 1 aromatic rings. The largest absolute Gasteiger partial charge is 0.324 e. The first kappa shape index (κ1) is 14.1. The average molecular weight is 275 g/mol. The normalized spacial score (nSPS) is 15.2. The topological polar surface area (TPSA) is 77.3 Å². The lowest BCUT2D eigenvalue weighted by Gasteiger charge is -2.15. The zero-order chi connectivity index (χ0) is 13.3. The van der Waals surface area contributed by atoms with Gasteiger partial charge in [-0.25, -0.2) is 0 Å². The van der Waals surface area contributed by atoms with Crippen molar-refractivity contribution in [3.63, 3.8) is 0 Å². The van der Waals surface area contributed by atoms with Gasteiger partial charge in [0.2, 0.25) is 0 Å². The van der Waals surface area contributed by atoms with Crippen molar-refractivity contribution in [2.24, 2.45) is 0 Å². The summed E-state index contributed by atoms with van der Waals surface area (Å²) in [4.78, 5) is 10.1. The van der Waals surface area contributed by atoms with Gasteiger partial charge in [0, 0.05) is 17.4 Å². The maximum absolute atomic E-state index is 12.4. The van der Waals surface area contributed by atoms with Gasteiger partial charge in [-0.1, -0.05) is 12.1 Å². The van der Waals surface area contributed by atoms with E-state index in [2.05, 4.69) is 0 Å². The SMILES string of the molecule is CP(C)(=O)CP(C)(=O)c1cccc([N+](=O)[O-])c1. The van der Waals surface area contributed by atoms with Crippen LogP contribution in [-0.4, -0.2) is 30.8 Å². The van der Waals surface area contributed by atoms with Crippen LogP contribution in [0.15, 0.2) is 24.3 Å². The molecule has 0 bridgehead atoms. The average Bonchev–Trinajstić information content (AvgIpc) is 2.14. The highest BCUT2D eigenvalue weighted by Crippen LogP contribution is 2.54. The van der Waals surface area contributed by atoms with Crippen LogP contribution < -0.4 is 5.30 Å². The Labute approximate surface area is 100 Å². The number of hydrogen-bond acceptors (Lipinski definition) is 4. The molecule has 0 saturated carbocycles. The third-order valence-corrected chi connectivity index (χ3v) is 8.45. The van der Waals surface area contributed by atoms with Crippen molar-refractivity contribution < 1.29 is 14.1 Å². The molecule has 0 fully saturated rings. The molecule has 1 unspecified atom stereocenters. The van der Waals surface area contributed by atoms with Crippen LogP contribution in [0.25, 0.3) is 0 Å². The first-order valence-electron chi connectivity index (χ1n) is 4.97. The molecule has 0 aliphatic carbocycles. The molecular formula is C10H15NO4P2. The number of rotatable bonds is 4. The molecular weight excluding hydrogens is 260 g/mol. The molecule has 0 aliphatic rings. The van der Waals surface area contributed by atoms with E-state index in [4.69, 9.17) is 0 Å². The fraction of sp³-hybridized carbons (Fsp3) is 0.400. The van der Waals surface area contributed by atoms with Gasteiger partial charge in [-0.05, 0) is 20.0 Å². The number of nitrogens with zero attached hydrogens (tertiary/aromatic N) is 1. The summed E-state index contributed by atoms with van der Waals surface area (Å²) in [6.07, 6.45) is 0. The van der Waals surface area contributed by atoms with Gasteiger partial charge in [-0.2, -0.15) is 0 Å². The minimum absolute atomic E-state index is 0.0911. The monoisotopic (exact) mass is 275 g/mol. The molecule has 0 radical (unpaired) electrons. The minimum atomic E-state index is -2.80. The van der Waals surface area contributed by atoms with E-state index in [1.807, 2.05) is 0 Å². The quantitative estimate of drug-likeness (QED) is 0.481. The molecule has 0 amide bonds. The minimum Gasteiger partial charge on any atom is -0.324 e. The molecule has 0 N–H and O–H groups in total. The van der Waals surface area contributed by atoms with Crippen molar-refractivity contribution in [2.45, 2.75) is 0 Å². The van der Waals surface area contributed by atoms with Crippen LogP contribution in [0.5, 0.6) is 0 Å². The number of nitro groups is 1. The van der Waals surface area contributed by atoms with Crippen LogP contribution in [-0.2, 0) is 9.13 Å². The van der Waals surface area contributed by atoms with Crippen molar-refractivity contribution in [2.75, 3.05) is 25.9 Å². The maximum Gasteiger partial charge on any atom is 0.270 e. The van der Waals surface area contributed by atoms with E-state index >= 15 is 0 Å². The predicted octanol–water partition coefficient (Wildman–Crippen LogP) is 2.79. The molecule has 7 heteroatoms. The lowest BCUT2D eigenvalue weighted by atomic mass is 10.3. The van der Waals surface area contributed by atoms with Crippen molar-refractivity contribution >= 4 is 25.3 Å². The summed E-state index contributed by atoms with van der Waals surface area (Å²) in [5.41, 5.74) is -0.0911. The molecule has 1 atom stereocenters. The summed E-state index contributed by atoms with van der Waals surface area (Å²) >= 11 is 0. The Kier molecular flexibility index (Phi) is 3.95. The summed E-state index contributed by atoms with van der Waals surface area (Å²) in [5, 5.41) is 11.0. The summed E-state index contributed by atoms with van der Waals surface area (Å²) < 4.78 is 24.1. The zero-order valence-electron chi connectivity index (χ0n) is 9.99. The Hall–Kier alpha value is -0.920. The number of nitro benzene ring substituents is 1. The van der Waals surface area contributed by atoms with Gasteiger partial charge in [-0.15, -0.1) is 0 Å². The van der Waals surface area contributed by atoms with Crippen LogP contribution in [0.2, 0.25) is 0 Å². The molecule has 5 nitrogen and oxygen atoms in total. The van der Waals surface area contributed by atoms with E-state index in [1.165, 1.54) is 24.9 Å². The summed E-state index contributed by atoms with van der Waals surface area (Å²) in [6.45, 7) is 4.66. The highest BCUT2D eigenvalue weighted by atomic mass is 31.2. The number of hydrogen-bond donors (Lipinski definition) is 0. The fourth-order valence-electron chi connectivity index (χ4n) is 1.63. The number of non-ortho nitro benzene ring substituents is 1. The van der Waals surface area contributed by atoms with Crippen LogP contribution in [0, 0.1) is 10.1 Å². The van der Waals surface area contributed by atoms with E-state index in [0.717, 1.165) is 0 Å². The molecule has 0 aromatic heterocycles. The smallest absolute Gasteiger partial charge is 0.270 e. The van der Waals surface area contributed by atoms with Crippen LogP contribution in [0.1, 0.15) is 0 Å². The maximum atomic E-state index is 12.4. The standard InChI is InChI=1S/C10H15NO4P2/c1-16(2,14)8-17(3,15)10-6-4-5-9(7-10)11(12)13/h4-7H,8H2,1-3H3. The summed E-state index contributed by atoms with van der Waals surface area (Å²) in [7, 11) is -5.23. The van der Waals surface area contributed by atoms with Gasteiger partial charge in [0.25, 0.3) is 5.69 Å². The highest BCUT2D eigenvalue weighted by molar-refractivity contribution is 7.83. The predicted molar refractivity (Wildman–Crippen MR) is 70.6 cm³/mol. The Balaban J connectivity index is 3.15. The molecule has 1 aromatic carbocycles. The molecule has 0 spiro atoms.